The Hall–Kier alpha value is -0.441. The molecule has 6 nitrogen and oxygen atoms in total. The van der Waals surface area contributed by atoms with Crippen LogP contribution in [0, 0.1) is 0 Å². The second-order valence-electron chi connectivity index (χ2n) is 1.90. The number of hydrogen-bond donors (Lipinski definition) is 2. The van der Waals surface area contributed by atoms with Gasteiger partial charge >= 0.3 is 0 Å². The fourth-order valence-corrected chi connectivity index (χ4v) is 0.424. The quantitative estimate of drug-likeness (QED) is 0.168. The van der Waals surface area contributed by atoms with E-state index in [1.807, 2.05) is 0 Å². The zero-order valence-corrected chi connectivity index (χ0v) is 9.95. The summed E-state index contributed by atoms with van der Waals surface area (Å²) in [7, 11) is 0. The first-order valence-corrected chi connectivity index (χ1v) is 4.04. The van der Waals surface area contributed by atoms with Gasteiger partial charge in [0, 0.05) is 29.0 Å². The van der Waals surface area contributed by atoms with Gasteiger partial charge < -0.3 is 21.1 Å². The molecular weight excluding hydrogens is 272 g/mol. The Morgan fingerprint density at radius 1 is 1.21 bits per heavy atom. The van der Waals surface area contributed by atoms with E-state index in [-0.39, 0.29) is 27.3 Å². The van der Waals surface area contributed by atoms with Gasteiger partial charge in [0.15, 0.2) is 34.7 Å². The van der Waals surface area contributed by atoms with E-state index < -0.39 is 0 Å². The normalized spacial score (nSPS) is 10.6. The number of nitrogens with zero attached hydrogens (tertiary/aromatic N) is 4. The Bertz CT molecular complexity index is 263. The summed E-state index contributed by atoms with van der Waals surface area (Å²) < 4.78 is 0. The van der Waals surface area contributed by atoms with Crippen molar-refractivity contribution >= 4 is 46.6 Å². The molecule has 0 rings (SSSR count). The second-order valence-corrected chi connectivity index (χ2v) is 2.82. The summed E-state index contributed by atoms with van der Waals surface area (Å²) in [5.74, 6) is 0. The molecule has 0 saturated heterocycles. The molecule has 83 valence electrons. The Morgan fingerprint density at radius 2 is 1.71 bits per heavy atom. The first-order valence-electron chi connectivity index (χ1n) is 3.14. The van der Waals surface area contributed by atoms with Crippen molar-refractivity contribution in [3.8, 4) is 0 Å². The average molecular weight is 282 g/mol. The van der Waals surface area contributed by atoms with E-state index in [9.17, 15) is 0 Å². The van der Waals surface area contributed by atoms with Crippen molar-refractivity contribution in [2.75, 3.05) is 0 Å². The van der Waals surface area contributed by atoms with Gasteiger partial charge in [-0.25, -0.2) is 0 Å². The zero-order valence-electron chi connectivity index (χ0n) is 7.22. The van der Waals surface area contributed by atoms with Crippen molar-refractivity contribution in [1.82, 2.24) is 0 Å². The van der Waals surface area contributed by atoms with Crippen LogP contribution in [-0.4, -0.2) is 22.2 Å². The van der Waals surface area contributed by atoms with E-state index in [1.165, 1.54) is 6.21 Å². The van der Waals surface area contributed by atoms with Crippen LogP contribution in [0.25, 0.3) is 10.9 Å². The van der Waals surface area contributed by atoms with Gasteiger partial charge in [-0.3, -0.25) is 11.5 Å². The SMILES string of the molecule is CC(C=N[N-]C(N)=[SH+])=N[N-]C(N)=[SH+].[Cu]. The molecule has 0 bridgehead atoms. The summed E-state index contributed by atoms with van der Waals surface area (Å²) in [5.41, 5.74) is 17.7. The van der Waals surface area contributed by atoms with Crippen molar-refractivity contribution in [2.24, 2.45) is 21.7 Å². The molecule has 0 saturated carbocycles. The van der Waals surface area contributed by atoms with E-state index in [0.717, 1.165) is 0 Å². The number of rotatable bonds is 3. The molecule has 0 aliphatic rings. The maximum atomic E-state index is 5.12. The van der Waals surface area contributed by atoms with Gasteiger partial charge in [0.1, 0.15) is 0 Å². The van der Waals surface area contributed by atoms with E-state index in [1.54, 1.807) is 6.92 Å². The van der Waals surface area contributed by atoms with Gasteiger partial charge in [0.25, 0.3) is 0 Å². The topological polar surface area (TPSA) is 105 Å². The number of nitrogens with two attached hydrogens (primary N) is 2. The molecule has 0 aromatic carbocycles. The van der Waals surface area contributed by atoms with Crippen LogP contribution in [0.5, 0.6) is 0 Å². The van der Waals surface area contributed by atoms with E-state index in [4.69, 9.17) is 11.5 Å². The third-order valence-electron chi connectivity index (χ3n) is 0.715. The van der Waals surface area contributed by atoms with Crippen LogP contribution in [0.4, 0.5) is 0 Å². The Kier molecular flexibility index (Phi) is 10.4. The summed E-state index contributed by atoms with van der Waals surface area (Å²) in [6.07, 6.45) is 1.36. The molecule has 14 heavy (non-hydrogen) atoms. The molecular formula is C5H10CuN6S2. The molecule has 0 aromatic heterocycles. The molecule has 0 fully saturated rings. The Morgan fingerprint density at radius 3 is 2.14 bits per heavy atom. The monoisotopic (exact) mass is 281 g/mol. The van der Waals surface area contributed by atoms with Crippen LogP contribution in [-0.2, 0) is 41.5 Å². The first-order chi connectivity index (χ1) is 6.02. The largest absolute Gasteiger partial charge is 0.515 e. The van der Waals surface area contributed by atoms with Crippen LogP contribution in [0.2, 0.25) is 0 Å². The Balaban J connectivity index is 0. The summed E-state index contributed by atoms with van der Waals surface area (Å²) in [4.78, 5) is 0. The molecule has 9 heteroatoms. The standard InChI is InChI=1S/C5H10N6S2.Cu/c1-3(9-11-5(7)13)2-8-10-4(6)12;/h2H,1H3,(H6,6,7,8,9,10,11,12,13);. The van der Waals surface area contributed by atoms with Crippen molar-refractivity contribution in [3.63, 3.8) is 0 Å². The van der Waals surface area contributed by atoms with Gasteiger partial charge in [0.2, 0.25) is 0 Å². The zero-order chi connectivity index (χ0) is 10.3. The van der Waals surface area contributed by atoms with Gasteiger partial charge in [-0.1, -0.05) is 0 Å². The number of hydrogen-bond acceptors (Lipinski definition) is 2. The van der Waals surface area contributed by atoms with Gasteiger partial charge in [-0.05, 0) is 6.92 Å². The van der Waals surface area contributed by atoms with Gasteiger partial charge in [0.05, 0.1) is 0 Å². The van der Waals surface area contributed by atoms with Gasteiger partial charge in [-0.2, -0.15) is 0 Å². The molecule has 0 unspecified atom stereocenters. The molecule has 0 aliphatic heterocycles. The molecule has 1 radical (unpaired) electrons. The summed E-state index contributed by atoms with van der Waals surface area (Å²) >= 11 is 7.41. The van der Waals surface area contributed by atoms with E-state index in [0.29, 0.717) is 5.71 Å². The molecule has 0 spiro atoms. The van der Waals surface area contributed by atoms with E-state index >= 15 is 0 Å². The maximum absolute atomic E-state index is 5.12. The van der Waals surface area contributed by atoms with Gasteiger partial charge in [-0.15, -0.1) is 0 Å². The molecule has 0 amide bonds. The summed E-state index contributed by atoms with van der Waals surface area (Å²) in [6.45, 7) is 1.67. The van der Waals surface area contributed by atoms with Crippen LogP contribution in [0.15, 0.2) is 10.2 Å². The molecule has 0 heterocycles. The first kappa shape index (κ1) is 16.0. The molecule has 0 atom stereocenters. The Labute approximate surface area is 103 Å². The smallest absolute Gasteiger partial charge is 0.183 e. The van der Waals surface area contributed by atoms with Crippen LogP contribution in [0.3, 0.4) is 0 Å². The maximum Gasteiger partial charge on any atom is 0.183 e. The van der Waals surface area contributed by atoms with Crippen LogP contribution >= 0.6 is 0 Å². The van der Waals surface area contributed by atoms with E-state index in [2.05, 4.69) is 45.5 Å². The van der Waals surface area contributed by atoms with Crippen molar-refractivity contribution in [2.45, 2.75) is 6.92 Å². The molecule has 0 aliphatic carbocycles. The molecule has 4 N–H and O–H groups in total. The third-order valence-corrected chi connectivity index (χ3v) is 0.894. The fraction of sp³-hybridized carbons (Fsp3) is 0.200. The predicted molar refractivity (Wildman–Crippen MR) is 64.2 cm³/mol. The minimum absolute atomic E-state index is 0. The average Bonchev–Trinajstić information content (AvgIpc) is 2.00. The second kappa shape index (κ2) is 9.13. The fourth-order valence-electron chi connectivity index (χ4n) is 0.327. The van der Waals surface area contributed by atoms with Crippen molar-refractivity contribution in [1.29, 1.82) is 0 Å². The number of thiol groups is 2. The predicted octanol–water partition coefficient (Wildman–Crippen LogP) is -1.26. The minimum Gasteiger partial charge on any atom is -0.515 e. The summed E-state index contributed by atoms with van der Waals surface area (Å²) in [5, 5.41) is 7.33. The molecule has 0 aromatic rings. The summed E-state index contributed by atoms with van der Waals surface area (Å²) in [6, 6.07) is 0. The van der Waals surface area contributed by atoms with Crippen molar-refractivity contribution in [3.05, 3.63) is 10.9 Å². The van der Waals surface area contributed by atoms with Crippen molar-refractivity contribution < 1.29 is 17.1 Å². The minimum atomic E-state index is 0. The van der Waals surface area contributed by atoms with Crippen LogP contribution < -0.4 is 11.5 Å². The van der Waals surface area contributed by atoms with Crippen LogP contribution in [0.1, 0.15) is 6.92 Å². The third kappa shape index (κ3) is 11.6.